The van der Waals surface area contributed by atoms with Crippen molar-refractivity contribution < 1.29 is 0 Å². The van der Waals surface area contributed by atoms with Crippen LogP contribution in [0.1, 0.15) is 47.9 Å². The Morgan fingerprint density at radius 1 is 0.909 bits per heavy atom. The van der Waals surface area contributed by atoms with Gasteiger partial charge >= 0.3 is 0 Å². The van der Waals surface area contributed by atoms with E-state index < -0.39 is 0 Å². The topological polar surface area (TPSA) is 12.0 Å². The normalized spacial score (nSPS) is 16.0. The van der Waals surface area contributed by atoms with E-state index in [2.05, 4.69) is 72.9 Å². The molecule has 1 aliphatic rings. The summed E-state index contributed by atoms with van der Waals surface area (Å²) in [7, 11) is 0. The van der Waals surface area contributed by atoms with Crippen LogP contribution in [-0.2, 0) is 6.42 Å². The molecule has 2 aromatic rings. The Kier molecular flexibility index (Phi) is 5.07. The van der Waals surface area contributed by atoms with Crippen LogP contribution in [0.5, 0.6) is 0 Å². The average molecular weight is 291 g/mol. The Balaban J connectivity index is 1.74. The standard InChI is InChI=1S/C21H25N/c1-2-3-15-22-16-14-18-9-5-7-11-20(18)21-13-12-17-8-4-6-10-19(17)21/h4-13,21-22H,2-3,14-16H2,1H3. The quantitative estimate of drug-likeness (QED) is 0.724. The summed E-state index contributed by atoms with van der Waals surface area (Å²) in [5.41, 5.74) is 5.73. The molecule has 0 spiro atoms. The maximum atomic E-state index is 3.55. The van der Waals surface area contributed by atoms with E-state index in [9.17, 15) is 0 Å². The van der Waals surface area contributed by atoms with Crippen molar-refractivity contribution in [2.45, 2.75) is 32.1 Å². The first kappa shape index (κ1) is 15.1. The zero-order valence-electron chi connectivity index (χ0n) is 13.4. The van der Waals surface area contributed by atoms with Gasteiger partial charge in [0.15, 0.2) is 0 Å². The molecule has 1 atom stereocenters. The Bertz CT molecular complexity index is 642. The van der Waals surface area contributed by atoms with Crippen molar-refractivity contribution in [2.75, 3.05) is 13.1 Å². The monoisotopic (exact) mass is 291 g/mol. The number of rotatable bonds is 7. The lowest BCUT2D eigenvalue weighted by Crippen LogP contribution is -2.19. The molecular weight excluding hydrogens is 266 g/mol. The average Bonchev–Trinajstić information content (AvgIpc) is 2.99. The van der Waals surface area contributed by atoms with Gasteiger partial charge in [-0.15, -0.1) is 0 Å². The lowest BCUT2D eigenvalue weighted by molar-refractivity contribution is 0.638. The first-order chi connectivity index (χ1) is 10.9. The first-order valence-corrected chi connectivity index (χ1v) is 8.46. The Morgan fingerprint density at radius 3 is 2.55 bits per heavy atom. The summed E-state index contributed by atoms with van der Waals surface area (Å²) in [6.07, 6.45) is 8.23. The van der Waals surface area contributed by atoms with Gasteiger partial charge in [0.05, 0.1) is 0 Å². The number of unbranched alkanes of at least 4 members (excludes halogenated alkanes) is 1. The summed E-state index contributed by atoms with van der Waals surface area (Å²) < 4.78 is 0. The third kappa shape index (κ3) is 3.31. The van der Waals surface area contributed by atoms with Crippen molar-refractivity contribution in [3.05, 3.63) is 76.9 Å². The maximum Gasteiger partial charge on any atom is 0.0281 e. The van der Waals surface area contributed by atoms with Gasteiger partial charge in [0.25, 0.3) is 0 Å². The van der Waals surface area contributed by atoms with Crippen molar-refractivity contribution in [3.8, 4) is 0 Å². The van der Waals surface area contributed by atoms with Crippen LogP contribution in [-0.4, -0.2) is 13.1 Å². The molecule has 0 bridgehead atoms. The van der Waals surface area contributed by atoms with Crippen LogP contribution in [0.4, 0.5) is 0 Å². The minimum Gasteiger partial charge on any atom is -0.316 e. The lowest BCUT2D eigenvalue weighted by atomic mass is 9.89. The van der Waals surface area contributed by atoms with Gasteiger partial charge in [0, 0.05) is 5.92 Å². The highest BCUT2D eigenvalue weighted by Crippen LogP contribution is 2.36. The van der Waals surface area contributed by atoms with E-state index >= 15 is 0 Å². The molecule has 22 heavy (non-hydrogen) atoms. The van der Waals surface area contributed by atoms with E-state index in [1.807, 2.05) is 0 Å². The number of allylic oxidation sites excluding steroid dienone is 1. The molecule has 1 heteroatoms. The van der Waals surface area contributed by atoms with E-state index in [4.69, 9.17) is 0 Å². The highest BCUT2D eigenvalue weighted by atomic mass is 14.8. The zero-order chi connectivity index (χ0) is 15.2. The summed E-state index contributed by atoms with van der Waals surface area (Å²) in [4.78, 5) is 0. The zero-order valence-corrected chi connectivity index (χ0v) is 13.4. The molecule has 2 aromatic carbocycles. The van der Waals surface area contributed by atoms with Crippen molar-refractivity contribution in [2.24, 2.45) is 0 Å². The third-order valence-corrected chi connectivity index (χ3v) is 4.47. The van der Waals surface area contributed by atoms with E-state index in [1.165, 1.54) is 35.1 Å². The van der Waals surface area contributed by atoms with Crippen molar-refractivity contribution in [1.82, 2.24) is 5.32 Å². The number of hydrogen-bond acceptors (Lipinski definition) is 1. The van der Waals surface area contributed by atoms with E-state index in [0.717, 1.165) is 19.5 Å². The van der Waals surface area contributed by atoms with Crippen LogP contribution in [0.3, 0.4) is 0 Å². The maximum absolute atomic E-state index is 3.55. The highest BCUT2D eigenvalue weighted by molar-refractivity contribution is 5.65. The highest BCUT2D eigenvalue weighted by Gasteiger charge is 2.20. The van der Waals surface area contributed by atoms with Gasteiger partial charge in [-0.1, -0.05) is 74.0 Å². The number of hydrogen-bond donors (Lipinski definition) is 1. The van der Waals surface area contributed by atoms with E-state index in [0.29, 0.717) is 5.92 Å². The van der Waals surface area contributed by atoms with Gasteiger partial charge in [0.2, 0.25) is 0 Å². The van der Waals surface area contributed by atoms with E-state index in [-0.39, 0.29) is 0 Å². The van der Waals surface area contributed by atoms with Crippen LogP contribution in [0.2, 0.25) is 0 Å². The Hall–Kier alpha value is -1.86. The molecule has 0 aliphatic heterocycles. The molecule has 0 aromatic heterocycles. The molecule has 0 saturated heterocycles. The lowest BCUT2D eigenvalue weighted by Gasteiger charge is -2.16. The van der Waals surface area contributed by atoms with Gasteiger partial charge in [-0.05, 0) is 48.2 Å². The SMILES string of the molecule is CCCCNCCc1ccccc1C1C=Cc2ccccc21. The van der Waals surface area contributed by atoms with Gasteiger partial charge < -0.3 is 5.32 Å². The number of fused-ring (bicyclic) bond motifs is 1. The molecular formula is C21H25N. The molecule has 0 amide bonds. The predicted molar refractivity (Wildman–Crippen MR) is 95.2 cm³/mol. The van der Waals surface area contributed by atoms with Gasteiger partial charge in [-0.25, -0.2) is 0 Å². The largest absolute Gasteiger partial charge is 0.316 e. The van der Waals surface area contributed by atoms with Gasteiger partial charge in [-0.3, -0.25) is 0 Å². The summed E-state index contributed by atoms with van der Waals surface area (Å²) in [5, 5.41) is 3.55. The summed E-state index contributed by atoms with van der Waals surface area (Å²) in [6, 6.07) is 17.6. The molecule has 1 N–H and O–H groups in total. The van der Waals surface area contributed by atoms with Crippen LogP contribution in [0.25, 0.3) is 6.08 Å². The van der Waals surface area contributed by atoms with Crippen LogP contribution in [0.15, 0.2) is 54.6 Å². The first-order valence-electron chi connectivity index (χ1n) is 8.46. The summed E-state index contributed by atoms with van der Waals surface area (Å²) >= 11 is 0. The Morgan fingerprint density at radius 2 is 1.68 bits per heavy atom. The fourth-order valence-electron chi connectivity index (χ4n) is 3.24. The predicted octanol–water partition coefficient (Wildman–Crippen LogP) is 4.78. The molecule has 3 rings (SSSR count). The molecule has 0 fully saturated rings. The fraction of sp³-hybridized carbons (Fsp3) is 0.333. The van der Waals surface area contributed by atoms with Crippen molar-refractivity contribution in [1.29, 1.82) is 0 Å². The van der Waals surface area contributed by atoms with E-state index in [1.54, 1.807) is 0 Å². The molecule has 1 aliphatic carbocycles. The minimum atomic E-state index is 0.419. The smallest absolute Gasteiger partial charge is 0.0281 e. The van der Waals surface area contributed by atoms with Gasteiger partial charge in [0.1, 0.15) is 0 Å². The third-order valence-electron chi connectivity index (χ3n) is 4.47. The minimum absolute atomic E-state index is 0.419. The molecule has 0 saturated carbocycles. The van der Waals surface area contributed by atoms with Crippen LogP contribution in [0, 0.1) is 0 Å². The van der Waals surface area contributed by atoms with Crippen LogP contribution >= 0.6 is 0 Å². The van der Waals surface area contributed by atoms with Gasteiger partial charge in [-0.2, -0.15) is 0 Å². The van der Waals surface area contributed by atoms with Crippen molar-refractivity contribution >= 4 is 6.08 Å². The fourth-order valence-corrected chi connectivity index (χ4v) is 3.24. The summed E-state index contributed by atoms with van der Waals surface area (Å²) in [6.45, 7) is 4.43. The number of benzene rings is 2. The second-order valence-corrected chi connectivity index (χ2v) is 6.02. The second kappa shape index (κ2) is 7.42. The summed E-state index contributed by atoms with van der Waals surface area (Å²) in [5.74, 6) is 0.419. The van der Waals surface area contributed by atoms with Crippen LogP contribution < -0.4 is 5.32 Å². The molecule has 114 valence electrons. The molecule has 1 unspecified atom stereocenters. The van der Waals surface area contributed by atoms with Crippen molar-refractivity contribution in [3.63, 3.8) is 0 Å². The molecule has 0 radical (unpaired) electrons. The molecule has 0 heterocycles. The number of nitrogens with one attached hydrogen (secondary N) is 1. The molecule has 1 nitrogen and oxygen atoms in total. The Labute approximate surface area is 134 Å². The second-order valence-electron chi connectivity index (χ2n) is 6.02.